The van der Waals surface area contributed by atoms with Gasteiger partial charge >= 0.3 is 0 Å². The van der Waals surface area contributed by atoms with Gasteiger partial charge in [-0.25, -0.2) is 8.42 Å². The molecule has 1 aromatic rings. The molecule has 3 rings (SSSR count). The van der Waals surface area contributed by atoms with Crippen molar-refractivity contribution in [1.29, 1.82) is 0 Å². The Hall–Kier alpha value is -1.37. The maximum absolute atomic E-state index is 13.0. The Morgan fingerprint density at radius 2 is 1.88 bits per heavy atom. The molecule has 0 aliphatic carbocycles. The molecule has 0 bridgehead atoms. The van der Waals surface area contributed by atoms with Crippen molar-refractivity contribution in [1.82, 2.24) is 9.80 Å². The lowest BCUT2D eigenvalue weighted by molar-refractivity contribution is 0.0368. The van der Waals surface area contributed by atoms with Crippen molar-refractivity contribution in [3.05, 3.63) is 46.5 Å². The summed E-state index contributed by atoms with van der Waals surface area (Å²) in [5.41, 5.74) is 1.64. The molecular formula is C18H23ClN2O3S. The molecule has 2 fully saturated rings. The molecule has 0 saturated carbocycles. The Labute approximate surface area is 154 Å². The van der Waals surface area contributed by atoms with Gasteiger partial charge < -0.3 is 4.90 Å². The van der Waals surface area contributed by atoms with Crippen LogP contribution >= 0.6 is 11.6 Å². The summed E-state index contributed by atoms with van der Waals surface area (Å²) in [7, 11) is -3.15. The molecule has 5 nitrogen and oxygen atoms in total. The minimum atomic E-state index is -3.15. The lowest BCUT2D eigenvalue weighted by atomic mass is 10.0. The first-order valence-electron chi connectivity index (χ1n) is 8.42. The molecular weight excluding hydrogens is 360 g/mol. The van der Waals surface area contributed by atoms with E-state index in [1.54, 1.807) is 29.2 Å². The van der Waals surface area contributed by atoms with Gasteiger partial charge in [-0.05, 0) is 26.0 Å². The highest BCUT2D eigenvalue weighted by Crippen LogP contribution is 2.29. The monoisotopic (exact) mass is 382 g/mol. The van der Waals surface area contributed by atoms with Crippen molar-refractivity contribution in [3.63, 3.8) is 0 Å². The number of amides is 1. The van der Waals surface area contributed by atoms with Gasteiger partial charge in [0.2, 0.25) is 0 Å². The first-order chi connectivity index (χ1) is 11.8. The van der Waals surface area contributed by atoms with Gasteiger partial charge in [-0.2, -0.15) is 0 Å². The third-order valence-corrected chi connectivity index (χ3v) is 6.92. The molecule has 0 radical (unpaired) electrons. The number of fused-ring (bicyclic) bond motifs is 1. The van der Waals surface area contributed by atoms with Crippen molar-refractivity contribution >= 4 is 27.3 Å². The van der Waals surface area contributed by atoms with Gasteiger partial charge in [0, 0.05) is 25.7 Å². The molecule has 136 valence electrons. The number of benzene rings is 1. The summed E-state index contributed by atoms with van der Waals surface area (Å²) in [6.45, 7) is 5.95. The molecule has 2 aliphatic rings. The average Bonchev–Trinajstić information content (AvgIpc) is 2.87. The Morgan fingerprint density at radius 1 is 1.20 bits per heavy atom. The summed E-state index contributed by atoms with van der Waals surface area (Å²) in [5, 5.41) is 0.400. The van der Waals surface area contributed by atoms with Crippen LogP contribution < -0.4 is 0 Å². The number of rotatable bonds is 3. The molecule has 1 amide bonds. The van der Waals surface area contributed by atoms with Crippen molar-refractivity contribution in [2.24, 2.45) is 0 Å². The van der Waals surface area contributed by atoms with Gasteiger partial charge in [0.1, 0.15) is 0 Å². The predicted octanol–water partition coefficient (Wildman–Crippen LogP) is 2.23. The normalized spacial score (nSPS) is 25.5. The van der Waals surface area contributed by atoms with E-state index in [0.29, 0.717) is 30.2 Å². The molecule has 2 saturated heterocycles. The lowest BCUT2D eigenvalue weighted by Gasteiger charge is -2.43. The molecule has 2 aliphatic heterocycles. The summed E-state index contributed by atoms with van der Waals surface area (Å²) in [4.78, 5) is 16.8. The highest BCUT2D eigenvalue weighted by Gasteiger charge is 2.47. The van der Waals surface area contributed by atoms with Crippen LogP contribution in [0.4, 0.5) is 0 Å². The molecule has 2 unspecified atom stereocenters. The quantitative estimate of drug-likeness (QED) is 0.752. The number of hydrogen-bond acceptors (Lipinski definition) is 4. The smallest absolute Gasteiger partial charge is 0.255 e. The summed E-state index contributed by atoms with van der Waals surface area (Å²) in [6.07, 6.45) is 2.10. The van der Waals surface area contributed by atoms with Gasteiger partial charge in [0.25, 0.3) is 5.91 Å². The number of nitrogens with zero attached hydrogens (tertiary/aromatic N) is 2. The minimum absolute atomic E-state index is 0.0270. The second kappa shape index (κ2) is 7.09. The summed E-state index contributed by atoms with van der Waals surface area (Å²) in [6, 6.07) is 6.46. The fourth-order valence-corrected chi connectivity index (χ4v) is 5.82. The largest absolute Gasteiger partial charge is 0.332 e. The van der Waals surface area contributed by atoms with Crippen LogP contribution in [-0.4, -0.2) is 67.3 Å². The van der Waals surface area contributed by atoms with Crippen molar-refractivity contribution in [3.8, 4) is 0 Å². The number of carbonyl (C=O) groups excluding carboxylic acids is 1. The van der Waals surface area contributed by atoms with Gasteiger partial charge in [-0.15, -0.1) is 0 Å². The van der Waals surface area contributed by atoms with Gasteiger partial charge in [0.15, 0.2) is 9.84 Å². The second-order valence-corrected chi connectivity index (χ2v) is 9.53. The number of carbonyl (C=O) groups is 1. The summed E-state index contributed by atoms with van der Waals surface area (Å²) < 4.78 is 24.5. The van der Waals surface area contributed by atoms with Crippen LogP contribution in [0.5, 0.6) is 0 Å². The number of hydrogen-bond donors (Lipinski definition) is 0. The maximum atomic E-state index is 13.0. The lowest BCUT2D eigenvalue weighted by Crippen LogP contribution is -2.60. The predicted molar refractivity (Wildman–Crippen MR) is 99.7 cm³/mol. The zero-order valence-corrected chi connectivity index (χ0v) is 16.1. The Balaban J connectivity index is 1.87. The van der Waals surface area contributed by atoms with Crippen LogP contribution in [0.25, 0.3) is 0 Å². The first-order valence-corrected chi connectivity index (χ1v) is 10.6. The van der Waals surface area contributed by atoms with Crippen molar-refractivity contribution in [2.75, 3.05) is 31.1 Å². The number of halogens is 1. The van der Waals surface area contributed by atoms with Crippen LogP contribution in [-0.2, 0) is 9.84 Å². The standard InChI is InChI=1S/C18H23ClN2O3S/c1-13(2)7-8-20-9-10-21(17-12-25(23,24)11-16(17)20)18(22)14-5-3-4-6-15(14)19/h3-7,16-17H,8-12H2,1-2H3. The van der Waals surface area contributed by atoms with Crippen molar-refractivity contribution < 1.29 is 13.2 Å². The molecule has 2 heterocycles. The van der Waals surface area contributed by atoms with Crippen LogP contribution in [0.15, 0.2) is 35.9 Å². The number of piperazine rings is 1. The highest BCUT2D eigenvalue weighted by atomic mass is 35.5. The van der Waals surface area contributed by atoms with E-state index >= 15 is 0 Å². The van der Waals surface area contributed by atoms with E-state index in [1.165, 1.54) is 5.57 Å². The highest BCUT2D eigenvalue weighted by molar-refractivity contribution is 7.91. The molecule has 0 aromatic heterocycles. The van der Waals surface area contributed by atoms with E-state index in [4.69, 9.17) is 11.6 Å². The third kappa shape index (κ3) is 3.91. The Bertz CT molecular complexity index is 802. The third-order valence-electron chi connectivity index (χ3n) is 4.89. The summed E-state index contributed by atoms with van der Waals surface area (Å²) >= 11 is 6.17. The second-order valence-electron chi connectivity index (χ2n) is 6.97. The van der Waals surface area contributed by atoms with E-state index in [9.17, 15) is 13.2 Å². The first kappa shape index (κ1) is 18.4. The Morgan fingerprint density at radius 3 is 2.56 bits per heavy atom. The van der Waals surface area contributed by atoms with Gasteiger partial charge in [0.05, 0.1) is 28.1 Å². The molecule has 2 atom stereocenters. The zero-order chi connectivity index (χ0) is 18.2. The molecule has 0 spiro atoms. The van der Waals surface area contributed by atoms with E-state index in [1.807, 2.05) is 13.8 Å². The average molecular weight is 383 g/mol. The van der Waals surface area contributed by atoms with Crippen LogP contribution in [0.2, 0.25) is 5.02 Å². The fourth-order valence-electron chi connectivity index (χ4n) is 3.59. The van der Waals surface area contributed by atoms with Crippen LogP contribution in [0, 0.1) is 0 Å². The van der Waals surface area contributed by atoms with Crippen molar-refractivity contribution in [2.45, 2.75) is 25.9 Å². The maximum Gasteiger partial charge on any atom is 0.255 e. The van der Waals surface area contributed by atoms with E-state index in [-0.39, 0.29) is 29.5 Å². The van der Waals surface area contributed by atoms with Crippen LogP contribution in [0.1, 0.15) is 24.2 Å². The minimum Gasteiger partial charge on any atom is -0.332 e. The molecule has 0 N–H and O–H groups in total. The zero-order valence-electron chi connectivity index (χ0n) is 14.5. The topological polar surface area (TPSA) is 57.7 Å². The van der Waals surface area contributed by atoms with Gasteiger partial charge in [-0.3, -0.25) is 9.69 Å². The van der Waals surface area contributed by atoms with E-state index in [2.05, 4.69) is 11.0 Å². The number of allylic oxidation sites excluding steroid dienone is 1. The van der Waals surface area contributed by atoms with Crippen LogP contribution in [0.3, 0.4) is 0 Å². The number of sulfone groups is 1. The van der Waals surface area contributed by atoms with E-state index in [0.717, 1.165) is 0 Å². The Kier molecular flexibility index (Phi) is 5.23. The molecule has 1 aromatic carbocycles. The summed E-state index contributed by atoms with van der Waals surface area (Å²) in [5.74, 6) is -0.0423. The SMILES string of the molecule is CC(C)=CCN1CCN(C(=O)c2ccccc2Cl)C2CS(=O)(=O)CC21. The fraction of sp³-hybridized carbons (Fsp3) is 0.500. The van der Waals surface area contributed by atoms with Gasteiger partial charge in [-0.1, -0.05) is 35.4 Å². The van der Waals surface area contributed by atoms with E-state index < -0.39 is 9.84 Å². The molecule has 7 heteroatoms. The molecule has 25 heavy (non-hydrogen) atoms.